The molecule has 1 aromatic carbocycles. The van der Waals surface area contributed by atoms with E-state index in [0.717, 1.165) is 10.5 Å². The van der Waals surface area contributed by atoms with Crippen molar-refractivity contribution >= 4 is 60.0 Å². The Morgan fingerprint density at radius 1 is 1.13 bits per heavy atom. The largest absolute Gasteiger partial charge is 0.449 e. The summed E-state index contributed by atoms with van der Waals surface area (Å²) >= 11 is 6.84. The van der Waals surface area contributed by atoms with E-state index in [9.17, 15) is 22.8 Å². The van der Waals surface area contributed by atoms with E-state index in [1.54, 1.807) is 39.0 Å². The number of benzene rings is 1. The third-order valence-electron chi connectivity index (χ3n) is 6.76. The number of imide groups is 1. The summed E-state index contributed by atoms with van der Waals surface area (Å²) in [6.07, 6.45) is -2.84. The number of halogens is 2. The van der Waals surface area contributed by atoms with Crippen molar-refractivity contribution in [2.45, 2.75) is 50.0 Å². The molecule has 4 heterocycles. The second kappa shape index (κ2) is 9.62. The molecule has 204 valence electrons. The highest BCUT2D eigenvalue weighted by Crippen LogP contribution is 2.55. The summed E-state index contributed by atoms with van der Waals surface area (Å²) in [6.45, 7) is 5.47. The molecule has 0 bridgehead atoms. The second-order valence-electron chi connectivity index (χ2n) is 8.98. The lowest BCUT2D eigenvalue weighted by molar-refractivity contribution is -0.145. The van der Waals surface area contributed by atoms with E-state index in [1.807, 2.05) is 0 Å². The van der Waals surface area contributed by atoms with Gasteiger partial charge in [0.2, 0.25) is 0 Å². The highest BCUT2D eigenvalue weighted by molar-refractivity contribution is 9.13. The van der Waals surface area contributed by atoms with Crippen LogP contribution in [0.1, 0.15) is 42.5 Å². The zero-order valence-electron chi connectivity index (χ0n) is 20.6. The second-order valence-corrected chi connectivity index (χ2v) is 12.1. The van der Waals surface area contributed by atoms with E-state index in [4.69, 9.17) is 13.8 Å². The number of rotatable bonds is 6. The maximum Gasteiger partial charge on any atom is 0.419 e. The van der Waals surface area contributed by atoms with Gasteiger partial charge in [0.15, 0.2) is 11.8 Å². The van der Waals surface area contributed by atoms with Gasteiger partial charge >= 0.3 is 22.2 Å². The molecule has 0 unspecified atom stereocenters. The smallest absolute Gasteiger partial charge is 0.419 e. The Hall–Kier alpha value is -2.46. The standard InChI is InChI=1S/C23H24Br2N4O8S/c1-4-35-14-11-23-20(27-17(10-16(24)18(27)25)19(30)26(23)12-14)28(22(32)36-5-2)21(31)29(23)37-38(33,34)15-8-6-13(3)7-9-15/h6-10,14,20H,4-5,11-12H2,1-3H3/t14-,20+,23-/m0/s1. The molecular weight excluding hydrogens is 652 g/mol. The lowest BCUT2D eigenvalue weighted by Gasteiger charge is -2.46. The Morgan fingerprint density at radius 2 is 1.82 bits per heavy atom. The zero-order chi connectivity index (χ0) is 27.6. The van der Waals surface area contributed by atoms with Crippen molar-refractivity contribution in [3.8, 4) is 0 Å². The quantitative estimate of drug-likeness (QED) is 0.450. The highest BCUT2D eigenvalue weighted by atomic mass is 79.9. The third kappa shape index (κ3) is 3.89. The minimum Gasteiger partial charge on any atom is -0.449 e. The first-order valence-electron chi connectivity index (χ1n) is 11.8. The van der Waals surface area contributed by atoms with Crippen molar-refractivity contribution in [3.05, 3.63) is 50.7 Å². The summed E-state index contributed by atoms with van der Waals surface area (Å²) in [5.74, 6) is -0.491. The lowest BCUT2D eigenvalue weighted by atomic mass is 9.99. The van der Waals surface area contributed by atoms with Gasteiger partial charge in [0.1, 0.15) is 10.3 Å². The van der Waals surface area contributed by atoms with Crippen molar-refractivity contribution in [1.82, 2.24) is 19.4 Å². The number of ether oxygens (including phenoxy) is 2. The van der Waals surface area contributed by atoms with E-state index in [-0.39, 0.29) is 30.2 Å². The van der Waals surface area contributed by atoms with Crippen LogP contribution in [0.3, 0.4) is 0 Å². The summed E-state index contributed by atoms with van der Waals surface area (Å²) < 4.78 is 45.7. The van der Waals surface area contributed by atoms with Crippen LogP contribution in [0.4, 0.5) is 9.59 Å². The Morgan fingerprint density at radius 3 is 2.45 bits per heavy atom. The fourth-order valence-corrected chi connectivity index (χ4v) is 7.09. The van der Waals surface area contributed by atoms with Crippen molar-refractivity contribution in [1.29, 1.82) is 0 Å². The number of hydroxylamine groups is 2. The van der Waals surface area contributed by atoms with Crippen LogP contribution in [0.2, 0.25) is 0 Å². The first kappa shape index (κ1) is 27.1. The van der Waals surface area contributed by atoms with Gasteiger partial charge in [0.05, 0.1) is 22.1 Å². The maximum absolute atomic E-state index is 13.9. The minimum atomic E-state index is -4.56. The lowest BCUT2D eigenvalue weighted by Crippen LogP contribution is -2.63. The van der Waals surface area contributed by atoms with Crippen LogP contribution in [0, 0.1) is 6.92 Å². The van der Waals surface area contributed by atoms with Crippen molar-refractivity contribution in [2.24, 2.45) is 0 Å². The first-order valence-corrected chi connectivity index (χ1v) is 14.8. The third-order valence-corrected chi connectivity index (χ3v) is 9.90. The number of carbonyl (C=O) groups is 3. The molecule has 0 saturated carbocycles. The molecule has 2 fully saturated rings. The van der Waals surface area contributed by atoms with Gasteiger partial charge in [0, 0.05) is 19.6 Å². The van der Waals surface area contributed by atoms with Crippen molar-refractivity contribution in [3.63, 3.8) is 0 Å². The van der Waals surface area contributed by atoms with E-state index in [1.165, 1.54) is 21.6 Å². The summed E-state index contributed by atoms with van der Waals surface area (Å²) in [5, 5.41) is 0.615. The zero-order valence-corrected chi connectivity index (χ0v) is 24.6. The molecule has 0 aliphatic carbocycles. The molecule has 3 aliphatic heterocycles. The number of urea groups is 1. The van der Waals surface area contributed by atoms with Gasteiger partial charge in [-0.25, -0.2) is 14.5 Å². The number of carbonyl (C=O) groups excluding carboxylic acids is 3. The van der Waals surface area contributed by atoms with Gasteiger partial charge in [-0.3, -0.25) is 4.79 Å². The summed E-state index contributed by atoms with van der Waals surface area (Å²) in [6, 6.07) is 6.34. The first-order chi connectivity index (χ1) is 18.0. The van der Waals surface area contributed by atoms with Gasteiger partial charge in [-0.05, 0) is 70.8 Å². The fraction of sp³-hybridized carbons (Fsp3) is 0.435. The number of fused-ring (bicyclic) bond motifs is 2. The molecule has 38 heavy (non-hydrogen) atoms. The van der Waals surface area contributed by atoms with Crippen LogP contribution in [0.5, 0.6) is 0 Å². The number of aryl methyl sites for hydroxylation is 1. The molecule has 3 atom stereocenters. The molecule has 15 heteroatoms. The van der Waals surface area contributed by atoms with E-state index in [2.05, 4.69) is 31.9 Å². The van der Waals surface area contributed by atoms with Gasteiger partial charge < -0.3 is 18.9 Å². The number of aromatic nitrogens is 1. The average molecular weight is 676 g/mol. The van der Waals surface area contributed by atoms with Crippen molar-refractivity contribution < 1.29 is 36.6 Å². The Balaban J connectivity index is 1.72. The molecule has 3 aliphatic rings. The van der Waals surface area contributed by atoms with Crippen LogP contribution in [-0.4, -0.2) is 77.4 Å². The summed E-state index contributed by atoms with van der Waals surface area (Å²) in [7, 11) is -4.56. The SMILES string of the molecule is CCOC(=O)N1C(=O)N(OS(=O)(=O)c2ccc(C)cc2)[C@]23C[C@H](OCC)CN2C(=O)c2cc(Br)c(Br)n2[C@H]13. The molecule has 5 rings (SSSR count). The number of hydrogen-bond acceptors (Lipinski definition) is 8. The average Bonchev–Trinajstić information content (AvgIpc) is 3.46. The molecular formula is C23H24Br2N4O8S. The van der Waals surface area contributed by atoms with Gasteiger partial charge in [-0.1, -0.05) is 17.7 Å². The monoisotopic (exact) mass is 674 g/mol. The topological polar surface area (TPSA) is 128 Å². The molecule has 0 N–H and O–H groups in total. The van der Waals surface area contributed by atoms with Crippen LogP contribution in [0.25, 0.3) is 0 Å². The fourth-order valence-electron chi connectivity index (χ4n) is 5.24. The van der Waals surface area contributed by atoms with Crippen LogP contribution >= 0.6 is 31.9 Å². The van der Waals surface area contributed by atoms with E-state index in [0.29, 0.717) is 20.7 Å². The molecule has 2 saturated heterocycles. The van der Waals surface area contributed by atoms with Gasteiger partial charge in [-0.2, -0.15) is 13.5 Å². The minimum absolute atomic E-state index is 0.0238. The number of amides is 4. The molecule has 1 spiro atoms. The van der Waals surface area contributed by atoms with E-state index < -0.39 is 46.1 Å². The predicted octanol–water partition coefficient (Wildman–Crippen LogP) is 4.00. The molecule has 2 aromatic rings. The Labute approximate surface area is 235 Å². The van der Waals surface area contributed by atoms with E-state index >= 15 is 0 Å². The number of nitrogens with zero attached hydrogens (tertiary/aromatic N) is 4. The van der Waals surface area contributed by atoms with Crippen LogP contribution < -0.4 is 0 Å². The normalized spacial score (nSPS) is 24.5. The predicted molar refractivity (Wildman–Crippen MR) is 138 cm³/mol. The maximum atomic E-state index is 13.9. The number of hydrogen-bond donors (Lipinski definition) is 0. The van der Waals surface area contributed by atoms with Crippen LogP contribution in [0.15, 0.2) is 44.3 Å². The Kier molecular flexibility index (Phi) is 6.87. The summed E-state index contributed by atoms with van der Waals surface area (Å²) in [5.41, 5.74) is -0.762. The summed E-state index contributed by atoms with van der Waals surface area (Å²) in [4.78, 5) is 42.9. The van der Waals surface area contributed by atoms with Gasteiger partial charge in [0.25, 0.3) is 5.91 Å². The highest BCUT2D eigenvalue weighted by Gasteiger charge is 2.72. The molecule has 4 amide bonds. The molecule has 0 radical (unpaired) electrons. The van der Waals surface area contributed by atoms with Crippen LogP contribution in [-0.2, 0) is 23.9 Å². The van der Waals surface area contributed by atoms with Crippen molar-refractivity contribution in [2.75, 3.05) is 19.8 Å². The van der Waals surface area contributed by atoms with Gasteiger partial charge in [-0.15, -0.1) is 4.28 Å². The molecule has 1 aromatic heterocycles. The molecule has 12 nitrogen and oxygen atoms in total. The Bertz CT molecular complexity index is 1430.